The Hall–Kier alpha value is -2.76. The molecule has 2 aromatic carbocycles. The van der Waals surface area contributed by atoms with Gasteiger partial charge in [0.25, 0.3) is 11.6 Å². The average molecular weight is 274 g/mol. The number of rotatable bonds is 3. The smallest absolute Gasteiger partial charge is 0.292 e. The van der Waals surface area contributed by atoms with Crippen LogP contribution in [0.3, 0.4) is 0 Å². The Bertz CT molecular complexity index is 686. The molecule has 1 N–H and O–H groups in total. The fourth-order valence-corrected chi connectivity index (χ4v) is 1.75. The van der Waals surface area contributed by atoms with Crippen molar-refractivity contribution in [1.82, 2.24) is 0 Å². The number of aryl methyl sites for hydroxylation is 1. The lowest BCUT2D eigenvalue weighted by Crippen LogP contribution is -2.13. The summed E-state index contributed by atoms with van der Waals surface area (Å²) < 4.78 is 13.2. The van der Waals surface area contributed by atoms with Crippen molar-refractivity contribution in [2.24, 2.45) is 0 Å². The van der Waals surface area contributed by atoms with Crippen molar-refractivity contribution in [3.05, 3.63) is 69.5 Å². The fraction of sp³-hybridized carbons (Fsp3) is 0.0714. The van der Waals surface area contributed by atoms with Gasteiger partial charge >= 0.3 is 0 Å². The maximum atomic E-state index is 13.2. The van der Waals surface area contributed by atoms with Crippen LogP contribution >= 0.6 is 0 Å². The van der Waals surface area contributed by atoms with E-state index in [2.05, 4.69) is 5.32 Å². The summed E-state index contributed by atoms with van der Waals surface area (Å²) in [5.41, 5.74) is 0.712. The highest BCUT2D eigenvalue weighted by molar-refractivity contribution is 6.05. The SMILES string of the molecule is Cc1cccc(C(=O)Nc2cc(F)ccc2[N+](=O)[O-])c1. The summed E-state index contributed by atoms with van der Waals surface area (Å²) in [6.07, 6.45) is 0. The van der Waals surface area contributed by atoms with Gasteiger partial charge in [0.05, 0.1) is 4.92 Å². The van der Waals surface area contributed by atoms with Crippen LogP contribution in [0.1, 0.15) is 15.9 Å². The quantitative estimate of drug-likeness (QED) is 0.689. The molecular formula is C14H11FN2O3. The van der Waals surface area contributed by atoms with Gasteiger partial charge in [0, 0.05) is 17.7 Å². The maximum Gasteiger partial charge on any atom is 0.292 e. The molecule has 0 unspecified atom stereocenters. The van der Waals surface area contributed by atoms with Crippen LogP contribution < -0.4 is 5.32 Å². The molecule has 0 fully saturated rings. The molecule has 0 saturated heterocycles. The lowest BCUT2D eigenvalue weighted by Gasteiger charge is -2.06. The molecule has 0 spiro atoms. The number of halogens is 1. The van der Waals surface area contributed by atoms with E-state index in [0.29, 0.717) is 5.56 Å². The van der Waals surface area contributed by atoms with Gasteiger partial charge in [0.1, 0.15) is 11.5 Å². The molecule has 0 heterocycles. The van der Waals surface area contributed by atoms with Gasteiger partial charge in [-0.1, -0.05) is 17.7 Å². The number of hydrogen-bond acceptors (Lipinski definition) is 3. The topological polar surface area (TPSA) is 72.2 Å². The Balaban J connectivity index is 2.32. The minimum atomic E-state index is -0.675. The van der Waals surface area contributed by atoms with Gasteiger partial charge in [-0.15, -0.1) is 0 Å². The molecule has 2 rings (SSSR count). The van der Waals surface area contributed by atoms with Gasteiger partial charge in [-0.05, 0) is 25.1 Å². The second-order valence-corrected chi connectivity index (χ2v) is 4.24. The van der Waals surface area contributed by atoms with Crippen molar-refractivity contribution in [2.75, 3.05) is 5.32 Å². The van der Waals surface area contributed by atoms with Crippen molar-refractivity contribution in [2.45, 2.75) is 6.92 Å². The normalized spacial score (nSPS) is 10.1. The first-order valence-corrected chi connectivity index (χ1v) is 5.79. The molecule has 20 heavy (non-hydrogen) atoms. The molecule has 0 saturated carbocycles. The molecule has 2 aromatic rings. The molecule has 1 amide bonds. The third kappa shape index (κ3) is 2.97. The van der Waals surface area contributed by atoms with Gasteiger partial charge in [-0.2, -0.15) is 0 Å². The number of anilines is 1. The summed E-state index contributed by atoms with van der Waals surface area (Å²) in [7, 11) is 0. The largest absolute Gasteiger partial charge is 0.316 e. The summed E-state index contributed by atoms with van der Waals surface area (Å²) in [6.45, 7) is 1.82. The van der Waals surface area contributed by atoms with E-state index in [1.165, 1.54) is 0 Å². The third-order valence-electron chi connectivity index (χ3n) is 2.68. The summed E-state index contributed by atoms with van der Waals surface area (Å²) in [4.78, 5) is 22.2. The Morgan fingerprint density at radius 1 is 1.25 bits per heavy atom. The summed E-state index contributed by atoms with van der Waals surface area (Å²) in [6, 6.07) is 9.65. The number of carbonyl (C=O) groups excluding carboxylic acids is 1. The van der Waals surface area contributed by atoms with Crippen LogP contribution in [-0.4, -0.2) is 10.8 Å². The monoisotopic (exact) mass is 274 g/mol. The van der Waals surface area contributed by atoms with E-state index in [1.54, 1.807) is 18.2 Å². The number of hydrogen-bond donors (Lipinski definition) is 1. The summed E-state index contributed by atoms with van der Waals surface area (Å²) >= 11 is 0. The number of benzene rings is 2. The van der Waals surface area contributed by atoms with Gasteiger partial charge in [0.2, 0.25) is 0 Å². The van der Waals surface area contributed by atoms with Crippen LogP contribution in [0.2, 0.25) is 0 Å². The third-order valence-corrected chi connectivity index (χ3v) is 2.68. The first-order valence-electron chi connectivity index (χ1n) is 5.79. The van der Waals surface area contributed by atoms with Gasteiger partial charge in [-0.3, -0.25) is 14.9 Å². The summed E-state index contributed by atoms with van der Waals surface area (Å²) in [5.74, 6) is -1.18. The van der Waals surface area contributed by atoms with Crippen molar-refractivity contribution in [3.8, 4) is 0 Å². The number of nitro benzene ring substituents is 1. The highest BCUT2D eigenvalue weighted by Gasteiger charge is 2.17. The molecular weight excluding hydrogens is 263 g/mol. The molecule has 0 aliphatic carbocycles. The van der Waals surface area contributed by atoms with E-state index >= 15 is 0 Å². The lowest BCUT2D eigenvalue weighted by atomic mass is 10.1. The number of nitro groups is 1. The average Bonchev–Trinajstić information content (AvgIpc) is 2.38. The molecule has 0 aliphatic rings. The predicted octanol–water partition coefficient (Wildman–Crippen LogP) is 3.29. The Morgan fingerprint density at radius 3 is 2.65 bits per heavy atom. The highest BCUT2D eigenvalue weighted by Crippen LogP contribution is 2.25. The van der Waals surface area contributed by atoms with Crippen LogP contribution in [0.15, 0.2) is 42.5 Å². The van der Waals surface area contributed by atoms with Crippen molar-refractivity contribution >= 4 is 17.3 Å². The number of nitrogens with one attached hydrogen (secondary N) is 1. The Kier molecular flexibility index (Phi) is 3.74. The zero-order valence-corrected chi connectivity index (χ0v) is 10.6. The van der Waals surface area contributed by atoms with Gasteiger partial charge in [-0.25, -0.2) is 4.39 Å². The first kappa shape index (κ1) is 13.7. The minimum Gasteiger partial charge on any atom is -0.316 e. The minimum absolute atomic E-state index is 0.165. The molecule has 0 radical (unpaired) electrons. The van der Waals surface area contributed by atoms with Crippen LogP contribution in [0.25, 0.3) is 0 Å². The molecule has 0 atom stereocenters. The van der Waals surface area contributed by atoms with Gasteiger partial charge in [0.15, 0.2) is 0 Å². The zero-order valence-electron chi connectivity index (χ0n) is 10.6. The summed E-state index contributed by atoms with van der Waals surface area (Å²) in [5, 5.41) is 13.2. The molecule has 102 valence electrons. The molecule has 0 aromatic heterocycles. The van der Waals surface area contributed by atoms with Crippen LogP contribution in [0.4, 0.5) is 15.8 Å². The van der Waals surface area contributed by atoms with Crippen molar-refractivity contribution in [3.63, 3.8) is 0 Å². The second-order valence-electron chi connectivity index (χ2n) is 4.24. The number of nitrogens with zero attached hydrogens (tertiary/aromatic N) is 1. The molecule has 5 nitrogen and oxygen atoms in total. The number of carbonyl (C=O) groups is 1. The Labute approximate surface area is 114 Å². The van der Waals surface area contributed by atoms with Gasteiger partial charge < -0.3 is 5.32 Å². The van der Waals surface area contributed by atoms with E-state index in [0.717, 1.165) is 23.8 Å². The number of amides is 1. The fourth-order valence-electron chi connectivity index (χ4n) is 1.75. The van der Waals surface area contributed by atoms with Crippen molar-refractivity contribution < 1.29 is 14.1 Å². The second kappa shape index (κ2) is 5.48. The molecule has 0 bridgehead atoms. The van der Waals surface area contributed by atoms with Crippen LogP contribution in [-0.2, 0) is 0 Å². The highest BCUT2D eigenvalue weighted by atomic mass is 19.1. The predicted molar refractivity (Wildman–Crippen MR) is 72.2 cm³/mol. The van der Waals surface area contributed by atoms with Crippen LogP contribution in [0, 0.1) is 22.9 Å². The Morgan fingerprint density at radius 2 is 2.00 bits per heavy atom. The van der Waals surface area contributed by atoms with Crippen molar-refractivity contribution in [1.29, 1.82) is 0 Å². The maximum absolute atomic E-state index is 13.2. The lowest BCUT2D eigenvalue weighted by molar-refractivity contribution is -0.384. The molecule has 0 aliphatic heterocycles. The van der Waals surface area contributed by atoms with E-state index < -0.39 is 16.6 Å². The standard InChI is InChI=1S/C14H11FN2O3/c1-9-3-2-4-10(7-9)14(18)16-12-8-11(15)5-6-13(12)17(19)20/h2-8H,1H3,(H,16,18). The van der Waals surface area contributed by atoms with E-state index in [4.69, 9.17) is 0 Å². The van der Waals surface area contributed by atoms with E-state index in [1.807, 2.05) is 13.0 Å². The van der Waals surface area contributed by atoms with E-state index in [-0.39, 0.29) is 11.4 Å². The zero-order chi connectivity index (χ0) is 14.7. The van der Waals surface area contributed by atoms with E-state index in [9.17, 15) is 19.3 Å². The molecule has 6 heteroatoms. The first-order chi connectivity index (χ1) is 9.47. The van der Waals surface area contributed by atoms with Crippen LogP contribution in [0.5, 0.6) is 0 Å².